The zero-order chi connectivity index (χ0) is 23.4. The number of piperidine rings is 1. The fourth-order valence-corrected chi connectivity index (χ4v) is 4.28. The first kappa shape index (κ1) is 25.6. The number of nitrogens with zero attached hydrogens (tertiary/aromatic N) is 1. The van der Waals surface area contributed by atoms with Crippen LogP contribution in [0.15, 0.2) is 18.2 Å². The fourth-order valence-electron chi connectivity index (χ4n) is 3.48. The van der Waals surface area contributed by atoms with E-state index in [4.69, 9.17) is 4.74 Å². The molecule has 6 nitrogen and oxygen atoms in total. The van der Waals surface area contributed by atoms with E-state index in [9.17, 15) is 13.4 Å². The smallest absolute Gasteiger partial charge is 0.407 e. The third kappa shape index (κ3) is 8.07. The maximum Gasteiger partial charge on any atom is 0.407 e. The molecule has 0 saturated carbocycles. The number of amides is 1. The number of carbonyl (C=O) groups is 1. The summed E-state index contributed by atoms with van der Waals surface area (Å²) in [5.74, 6) is 0.0713. The molecular weight excluding hydrogens is 417 g/mol. The molecule has 1 fully saturated rings. The van der Waals surface area contributed by atoms with Crippen LogP contribution >= 0.6 is 0 Å². The highest BCUT2D eigenvalue weighted by molar-refractivity contribution is 7.84. The van der Waals surface area contributed by atoms with Crippen LogP contribution in [0, 0.1) is 11.7 Å². The summed E-state index contributed by atoms with van der Waals surface area (Å²) >= 11 is 0. The van der Waals surface area contributed by atoms with Gasteiger partial charge in [-0.1, -0.05) is 0 Å². The summed E-state index contributed by atoms with van der Waals surface area (Å²) in [5, 5.41) is 2.86. The second-order valence-electron chi connectivity index (χ2n) is 10.2. The van der Waals surface area contributed by atoms with Crippen LogP contribution in [0.2, 0.25) is 0 Å². The van der Waals surface area contributed by atoms with Crippen LogP contribution in [-0.2, 0) is 15.7 Å². The molecule has 1 heterocycles. The van der Waals surface area contributed by atoms with Gasteiger partial charge in [-0.05, 0) is 91.0 Å². The van der Waals surface area contributed by atoms with Crippen molar-refractivity contribution in [1.82, 2.24) is 10.0 Å². The number of hydrogen-bond donors (Lipinski definition) is 2. The molecule has 0 radical (unpaired) electrons. The molecule has 31 heavy (non-hydrogen) atoms. The lowest BCUT2D eigenvalue weighted by Crippen LogP contribution is -2.41. The summed E-state index contributed by atoms with van der Waals surface area (Å²) in [7, 11) is -1.25. The number of nitrogens with one attached hydrogen (secondary N) is 2. The van der Waals surface area contributed by atoms with E-state index >= 15 is 0 Å². The van der Waals surface area contributed by atoms with Crippen molar-refractivity contribution < 1.29 is 18.1 Å². The Bertz CT molecular complexity index is 781. The average molecular weight is 456 g/mol. The van der Waals surface area contributed by atoms with Gasteiger partial charge in [0.2, 0.25) is 0 Å². The van der Waals surface area contributed by atoms with Crippen LogP contribution < -0.4 is 14.9 Å². The number of rotatable bonds is 6. The topological polar surface area (TPSA) is 70.7 Å². The number of carbonyl (C=O) groups excluding carboxylic acids is 1. The molecule has 0 aliphatic carbocycles. The molecule has 8 heteroatoms. The summed E-state index contributed by atoms with van der Waals surface area (Å²) in [6.45, 7) is 15.4. The molecule has 0 spiro atoms. The number of hydrogen-bond acceptors (Lipinski definition) is 4. The van der Waals surface area contributed by atoms with Crippen LogP contribution in [0.1, 0.15) is 72.9 Å². The van der Waals surface area contributed by atoms with Crippen LogP contribution in [0.25, 0.3) is 0 Å². The number of alkyl carbamates (subject to hydrolysis) is 1. The van der Waals surface area contributed by atoms with E-state index < -0.39 is 21.3 Å². The lowest BCUT2D eigenvalue weighted by Gasteiger charge is -2.36. The minimum Gasteiger partial charge on any atom is -0.444 e. The van der Waals surface area contributed by atoms with E-state index in [1.54, 1.807) is 0 Å². The van der Waals surface area contributed by atoms with E-state index in [1.807, 2.05) is 54.5 Å². The second kappa shape index (κ2) is 10.3. The van der Waals surface area contributed by atoms with Crippen molar-refractivity contribution in [3.8, 4) is 0 Å². The monoisotopic (exact) mass is 455 g/mol. The Morgan fingerprint density at radius 3 is 2.39 bits per heavy atom. The third-order valence-corrected chi connectivity index (χ3v) is 6.87. The molecule has 176 valence electrons. The Hall–Kier alpha value is -1.67. The number of benzene rings is 1. The van der Waals surface area contributed by atoms with Crippen molar-refractivity contribution in [2.24, 2.45) is 5.92 Å². The van der Waals surface area contributed by atoms with Gasteiger partial charge < -0.3 is 15.0 Å². The van der Waals surface area contributed by atoms with Crippen molar-refractivity contribution >= 4 is 22.8 Å². The third-order valence-electron chi connectivity index (χ3n) is 5.19. The molecule has 0 bridgehead atoms. The van der Waals surface area contributed by atoms with E-state index in [0.29, 0.717) is 12.5 Å². The van der Waals surface area contributed by atoms with Gasteiger partial charge >= 0.3 is 6.09 Å². The SMILES string of the molecule is CC(N[S@](=O)C(C)(C)C)c1cc(F)ccc1N1CCC(CNC(=O)OC(C)(C)C)CC1. The van der Waals surface area contributed by atoms with Gasteiger partial charge in [-0.3, -0.25) is 0 Å². The normalized spacial score (nSPS) is 17.9. The number of halogens is 1. The highest BCUT2D eigenvalue weighted by Gasteiger charge is 2.26. The van der Waals surface area contributed by atoms with Gasteiger partial charge in [0, 0.05) is 31.4 Å². The molecule has 1 aromatic carbocycles. The molecule has 1 amide bonds. The van der Waals surface area contributed by atoms with Crippen molar-refractivity contribution in [2.75, 3.05) is 24.5 Å². The summed E-state index contributed by atoms with van der Waals surface area (Å²) in [6.07, 6.45) is 1.45. The average Bonchev–Trinajstić information content (AvgIpc) is 2.64. The summed E-state index contributed by atoms with van der Waals surface area (Å²) < 4.78 is 34.6. The lowest BCUT2D eigenvalue weighted by molar-refractivity contribution is 0.0517. The summed E-state index contributed by atoms with van der Waals surface area (Å²) in [4.78, 5) is 14.1. The minimum atomic E-state index is -1.25. The largest absolute Gasteiger partial charge is 0.444 e. The minimum absolute atomic E-state index is 0.252. The van der Waals surface area contributed by atoms with Crippen LogP contribution in [-0.4, -0.2) is 40.3 Å². The molecule has 2 N–H and O–H groups in total. The highest BCUT2D eigenvalue weighted by Crippen LogP contribution is 2.31. The summed E-state index contributed by atoms with van der Waals surface area (Å²) in [6, 6.07) is 4.56. The van der Waals surface area contributed by atoms with Gasteiger partial charge in [-0.15, -0.1) is 0 Å². The molecule has 1 aliphatic rings. The second-order valence-corrected chi connectivity index (χ2v) is 12.2. The standard InChI is InChI=1S/C23H38FN3O3S/c1-16(26-31(29)23(5,6)7)19-14-18(24)8-9-20(19)27-12-10-17(11-13-27)15-25-21(28)30-22(2,3)4/h8-9,14,16-17,26H,10-13,15H2,1-7H3,(H,25,28)/t16?,31-/m1/s1. The Morgan fingerprint density at radius 2 is 1.84 bits per heavy atom. The Morgan fingerprint density at radius 1 is 1.23 bits per heavy atom. The number of ether oxygens (including phenoxy) is 1. The zero-order valence-electron chi connectivity index (χ0n) is 19.9. The molecular formula is C23H38FN3O3S. The first-order valence-corrected chi connectivity index (χ1v) is 12.1. The molecule has 1 unspecified atom stereocenters. The maximum absolute atomic E-state index is 14.0. The number of anilines is 1. The van der Waals surface area contributed by atoms with Crippen LogP contribution in [0.5, 0.6) is 0 Å². The van der Waals surface area contributed by atoms with Crippen LogP contribution in [0.3, 0.4) is 0 Å². The molecule has 1 saturated heterocycles. The van der Waals surface area contributed by atoms with Gasteiger partial charge in [0.25, 0.3) is 0 Å². The van der Waals surface area contributed by atoms with Gasteiger partial charge in [0.15, 0.2) is 0 Å². The van der Waals surface area contributed by atoms with Crippen molar-refractivity contribution in [1.29, 1.82) is 0 Å². The van der Waals surface area contributed by atoms with E-state index in [1.165, 1.54) is 12.1 Å². The first-order valence-electron chi connectivity index (χ1n) is 11.0. The molecule has 1 aromatic rings. The Kier molecular flexibility index (Phi) is 8.50. The van der Waals surface area contributed by atoms with Crippen LogP contribution in [0.4, 0.5) is 14.9 Å². The first-order chi connectivity index (χ1) is 14.3. The van der Waals surface area contributed by atoms with E-state index in [2.05, 4.69) is 14.9 Å². The van der Waals surface area contributed by atoms with E-state index in [0.717, 1.165) is 37.2 Å². The summed E-state index contributed by atoms with van der Waals surface area (Å²) in [5.41, 5.74) is 1.27. The highest BCUT2D eigenvalue weighted by atomic mass is 32.2. The molecule has 0 aromatic heterocycles. The van der Waals surface area contributed by atoms with Gasteiger partial charge in [0.05, 0.1) is 15.7 Å². The van der Waals surface area contributed by atoms with Crippen molar-refractivity contribution in [3.63, 3.8) is 0 Å². The predicted molar refractivity (Wildman–Crippen MR) is 125 cm³/mol. The van der Waals surface area contributed by atoms with E-state index in [-0.39, 0.29) is 18.0 Å². The Labute approximate surface area is 188 Å². The van der Waals surface area contributed by atoms with Gasteiger partial charge in [-0.25, -0.2) is 18.1 Å². The van der Waals surface area contributed by atoms with Crippen molar-refractivity contribution in [3.05, 3.63) is 29.6 Å². The molecule has 2 atom stereocenters. The zero-order valence-corrected chi connectivity index (χ0v) is 20.7. The fraction of sp³-hybridized carbons (Fsp3) is 0.696. The maximum atomic E-state index is 14.0. The van der Waals surface area contributed by atoms with Crippen molar-refractivity contribution in [2.45, 2.75) is 77.7 Å². The molecule has 1 aliphatic heterocycles. The Balaban J connectivity index is 1.99. The molecule has 2 rings (SSSR count). The predicted octanol–water partition coefficient (Wildman–Crippen LogP) is 4.68. The van der Waals surface area contributed by atoms with Gasteiger partial charge in [0.1, 0.15) is 11.4 Å². The lowest BCUT2D eigenvalue weighted by atomic mass is 9.95. The quantitative estimate of drug-likeness (QED) is 0.653. The van der Waals surface area contributed by atoms with Gasteiger partial charge in [-0.2, -0.15) is 0 Å².